The molecule has 0 saturated heterocycles. The van der Waals surface area contributed by atoms with E-state index in [4.69, 9.17) is 0 Å². The van der Waals surface area contributed by atoms with Crippen LogP contribution in [0.2, 0.25) is 0 Å². The highest BCUT2D eigenvalue weighted by Crippen LogP contribution is 2.38. The third-order valence-electron chi connectivity index (χ3n) is 8.95. The number of para-hydroxylation sites is 1. The van der Waals surface area contributed by atoms with Crippen LogP contribution in [0.25, 0.3) is 50.0 Å². The van der Waals surface area contributed by atoms with Gasteiger partial charge in [0.25, 0.3) is 5.69 Å². The Labute approximate surface area is 284 Å². The van der Waals surface area contributed by atoms with Crippen LogP contribution in [0.4, 0.5) is 22.7 Å². The van der Waals surface area contributed by atoms with E-state index in [9.17, 15) is 10.1 Å². The zero-order valence-corrected chi connectivity index (χ0v) is 26.6. The smallest absolute Gasteiger partial charge is 0.277 e. The molecule has 0 N–H and O–H groups in total. The van der Waals surface area contributed by atoms with Crippen LogP contribution in [0.15, 0.2) is 188 Å². The van der Waals surface area contributed by atoms with Crippen molar-refractivity contribution in [2.75, 3.05) is 4.90 Å². The van der Waals surface area contributed by atoms with Gasteiger partial charge in [0.1, 0.15) is 0 Å². The molecule has 8 rings (SSSR count). The van der Waals surface area contributed by atoms with Gasteiger partial charge in [-0.1, -0.05) is 103 Å². The molecule has 1 aromatic heterocycles. The Balaban J connectivity index is 1.14. The molecule has 234 valence electrons. The standard InChI is InChI=1S/C44H31N3O2/c48-47(49)44-14-8-7-13-42(44)36-19-28-43-37(31-36)29-30-45(43)38-24-26-41(27-25-38)46(39-20-15-34(16-21-39)32-9-3-1-4-10-32)40-22-17-35(18-23-40)33-11-5-2-6-12-33/h1-31H. The number of nitro benzene ring substituents is 1. The van der Waals surface area contributed by atoms with Crippen molar-refractivity contribution in [2.45, 2.75) is 0 Å². The molecule has 0 radical (unpaired) electrons. The molecule has 0 unspecified atom stereocenters. The van der Waals surface area contributed by atoms with E-state index in [1.807, 2.05) is 42.6 Å². The summed E-state index contributed by atoms with van der Waals surface area (Å²) in [6.45, 7) is 0. The number of anilines is 3. The quantitative estimate of drug-likeness (QED) is 0.124. The Hall–Kier alpha value is -6.72. The minimum Gasteiger partial charge on any atom is -0.317 e. The lowest BCUT2D eigenvalue weighted by Crippen LogP contribution is -2.10. The summed E-state index contributed by atoms with van der Waals surface area (Å²) in [6.07, 6.45) is 2.05. The summed E-state index contributed by atoms with van der Waals surface area (Å²) in [4.78, 5) is 13.6. The second-order valence-electron chi connectivity index (χ2n) is 11.9. The maximum Gasteiger partial charge on any atom is 0.277 e. The lowest BCUT2D eigenvalue weighted by Gasteiger charge is -2.26. The van der Waals surface area contributed by atoms with Gasteiger partial charge in [0, 0.05) is 40.4 Å². The van der Waals surface area contributed by atoms with Crippen LogP contribution in [0.5, 0.6) is 0 Å². The van der Waals surface area contributed by atoms with E-state index in [1.165, 1.54) is 22.3 Å². The Bertz CT molecular complexity index is 2300. The fourth-order valence-electron chi connectivity index (χ4n) is 6.49. The minimum absolute atomic E-state index is 0.103. The predicted molar refractivity (Wildman–Crippen MR) is 201 cm³/mol. The number of rotatable bonds is 8. The van der Waals surface area contributed by atoms with Gasteiger partial charge >= 0.3 is 0 Å². The van der Waals surface area contributed by atoms with Crippen LogP contribution in [-0.4, -0.2) is 9.49 Å². The number of nitro groups is 1. The van der Waals surface area contributed by atoms with Gasteiger partial charge in [-0.2, -0.15) is 0 Å². The van der Waals surface area contributed by atoms with E-state index >= 15 is 0 Å². The van der Waals surface area contributed by atoms with Crippen LogP contribution >= 0.6 is 0 Å². The maximum absolute atomic E-state index is 11.6. The first-order valence-corrected chi connectivity index (χ1v) is 16.2. The summed E-state index contributed by atoms with van der Waals surface area (Å²) in [6, 6.07) is 61.7. The Morgan fingerprint density at radius 2 is 0.939 bits per heavy atom. The average molecular weight is 634 g/mol. The molecule has 5 heteroatoms. The lowest BCUT2D eigenvalue weighted by molar-refractivity contribution is -0.384. The first kappa shape index (κ1) is 29.7. The number of hydrogen-bond donors (Lipinski definition) is 0. The number of benzene rings is 7. The van der Waals surface area contributed by atoms with Crippen molar-refractivity contribution in [1.82, 2.24) is 4.57 Å². The van der Waals surface area contributed by atoms with Gasteiger partial charge in [0.05, 0.1) is 16.0 Å². The zero-order chi connectivity index (χ0) is 33.2. The SMILES string of the molecule is O=[N+]([O-])c1ccccc1-c1ccc2c(ccn2-c2ccc(N(c3ccc(-c4ccccc4)cc3)c3ccc(-c4ccccc4)cc3)cc2)c1. The molecular weight excluding hydrogens is 603 g/mol. The minimum atomic E-state index is -0.329. The molecule has 49 heavy (non-hydrogen) atoms. The number of fused-ring (bicyclic) bond motifs is 1. The van der Waals surface area contributed by atoms with Crippen molar-refractivity contribution in [3.05, 3.63) is 198 Å². The van der Waals surface area contributed by atoms with Crippen molar-refractivity contribution in [3.63, 3.8) is 0 Å². The topological polar surface area (TPSA) is 51.3 Å². The summed E-state index contributed by atoms with van der Waals surface area (Å²) in [7, 11) is 0. The van der Waals surface area contributed by atoms with E-state index in [0.717, 1.165) is 39.2 Å². The lowest BCUT2D eigenvalue weighted by atomic mass is 10.0. The van der Waals surface area contributed by atoms with Crippen molar-refractivity contribution in [1.29, 1.82) is 0 Å². The third-order valence-corrected chi connectivity index (χ3v) is 8.95. The van der Waals surface area contributed by atoms with Crippen LogP contribution in [-0.2, 0) is 0 Å². The maximum atomic E-state index is 11.6. The van der Waals surface area contributed by atoms with Gasteiger partial charge < -0.3 is 9.47 Å². The van der Waals surface area contributed by atoms with E-state index in [0.29, 0.717) is 5.56 Å². The van der Waals surface area contributed by atoms with E-state index in [2.05, 4.69) is 137 Å². The van der Waals surface area contributed by atoms with E-state index in [1.54, 1.807) is 18.2 Å². The zero-order valence-electron chi connectivity index (χ0n) is 26.6. The Kier molecular flexibility index (Phi) is 7.76. The van der Waals surface area contributed by atoms with Gasteiger partial charge in [0.2, 0.25) is 0 Å². The molecule has 0 atom stereocenters. The van der Waals surface area contributed by atoms with Gasteiger partial charge in [-0.05, 0) is 101 Å². The molecule has 0 aliphatic heterocycles. The molecule has 7 aromatic carbocycles. The van der Waals surface area contributed by atoms with Crippen LogP contribution in [0.3, 0.4) is 0 Å². The highest BCUT2D eigenvalue weighted by Gasteiger charge is 2.16. The molecule has 8 aromatic rings. The first-order valence-electron chi connectivity index (χ1n) is 16.2. The Morgan fingerprint density at radius 3 is 1.49 bits per heavy atom. The largest absolute Gasteiger partial charge is 0.317 e. The van der Waals surface area contributed by atoms with Gasteiger partial charge in [-0.15, -0.1) is 0 Å². The molecular formula is C44H31N3O2. The van der Waals surface area contributed by atoms with Gasteiger partial charge in [-0.3, -0.25) is 10.1 Å². The molecule has 0 bridgehead atoms. The van der Waals surface area contributed by atoms with Crippen LogP contribution < -0.4 is 4.90 Å². The Morgan fingerprint density at radius 1 is 0.469 bits per heavy atom. The van der Waals surface area contributed by atoms with Gasteiger partial charge in [-0.25, -0.2) is 0 Å². The van der Waals surface area contributed by atoms with Crippen molar-refractivity contribution in [3.8, 4) is 39.1 Å². The highest BCUT2D eigenvalue weighted by molar-refractivity contribution is 5.89. The molecule has 0 fully saturated rings. The van der Waals surface area contributed by atoms with E-state index < -0.39 is 0 Å². The van der Waals surface area contributed by atoms with E-state index in [-0.39, 0.29) is 10.6 Å². The molecule has 0 aliphatic carbocycles. The second kappa shape index (κ2) is 12.8. The number of hydrogen-bond acceptors (Lipinski definition) is 3. The van der Waals surface area contributed by atoms with Crippen molar-refractivity contribution < 1.29 is 4.92 Å². The predicted octanol–water partition coefficient (Wildman–Crippen LogP) is 12.0. The summed E-state index contributed by atoms with van der Waals surface area (Å²) < 4.78 is 2.15. The van der Waals surface area contributed by atoms with Crippen LogP contribution in [0.1, 0.15) is 0 Å². The molecule has 0 amide bonds. The summed E-state index contributed by atoms with van der Waals surface area (Å²) in [5, 5.41) is 12.7. The normalized spacial score (nSPS) is 11.0. The molecule has 5 nitrogen and oxygen atoms in total. The van der Waals surface area contributed by atoms with Crippen molar-refractivity contribution in [2.24, 2.45) is 0 Å². The molecule has 0 spiro atoms. The third kappa shape index (κ3) is 5.86. The summed E-state index contributed by atoms with van der Waals surface area (Å²) in [5.41, 5.74) is 11.5. The summed E-state index contributed by atoms with van der Waals surface area (Å²) in [5.74, 6) is 0. The monoisotopic (exact) mass is 633 g/mol. The first-order chi connectivity index (χ1) is 24.1. The molecule has 0 saturated carbocycles. The van der Waals surface area contributed by atoms with Crippen molar-refractivity contribution >= 4 is 33.7 Å². The number of aromatic nitrogens is 1. The van der Waals surface area contributed by atoms with Gasteiger partial charge in [0.15, 0.2) is 0 Å². The van der Waals surface area contributed by atoms with Crippen LogP contribution in [0, 0.1) is 10.1 Å². The second-order valence-corrected chi connectivity index (χ2v) is 11.9. The highest BCUT2D eigenvalue weighted by atomic mass is 16.6. The molecule has 0 aliphatic rings. The number of nitrogens with zero attached hydrogens (tertiary/aromatic N) is 3. The fraction of sp³-hybridized carbons (Fsp3) is 0. The average Bonchev–Trinajstić information content (AvgIpc) is 3.60. The fourth-order valence-corrected chi connectivity index (χ4v) is 6.49. The molecule has 1 heterocycles. The summed E-state index contributed by atoms with van der Waals surface area (Å²) >= 11 is 0.